The molecular weight excluding hydrogens is 499 g/mol. The molecule has 0 radical (unpaired) electrons. The van der Waals surface area contributed by atoms with Crippen molar-refractivity contribution in [1.29, 1.82) is 0 Å². The van der Waals surface area contributed by atoms with E-state index in [1.807, 2.05) is 13.8 Å². The molecule has 1 amide bonds. The summed E-state index contributed by atoms with van der Waals surface area (Å²) < 4.78 is 41.7. The van der Waals surface area contributed by atoms with Crippen molar-refractivity contribution in [2.45, 2.75) is 32.2 Å². The summed E-state index contributed by atoms with van der Waals surface area (Å²) in [5.74, 6) is -2.71. The van der Waals surface area contributed by atoms with Gasteiger partial charge in [-0.1, -0.05) is 61.8 Å². The van der Waals surface area contributed by atoms with E-state index < -0.39 is 35.6 Å². The third-order valence-corrected chi connectivity index (χ3v) is 5.79. The fourth-order valence-corrected chi connectivity index (χ4v) is 3.96. The molecule has 1 aliphatic heterocycles. The molecule has 0 saturated carbocycles. The quantitative estimate of drug-likeness (QED) is 0.262. The molecule has 1 N–H and O–H groups in total. The van der Waals surface area contributed by atoms with Crippen molar-refractivity contribution in [3.05, 3.63) is 88.1 Å². The summed E-state index contributed by atoms with van der Waals surface area (Å²) >= 11 is 5.80. The van der Waals surface area contributed by atoms with Crippen molar-refractivity contribution in [3.8, 4) is 5.75 Å². The third-order valence-electron chi connectivity index (χ3n) is 5.59. The summed E-state index contributed by atoms with van der Waals surface area (Å²) in [7, 11) is 0. The molecule has 1 fully saturated rings. The fourth-order valence-electron chi connectivity index (χ4n) is 3.85. The molecule has 1 aromatic heterocycles. The zero-order chi connectivity index (χ0) is 26.2. The van der Waals surface area contributed by atoms with Crippen LogP contribution in [0.3, 0.4) is 0 Å². The van der Waals surface area contributed by atoms with E-state index in [0.29, 0.717) is 5.56 Å². The number of carbonyl (C=O) groups excluding carboxylic acids is 2. The first-order chi connectivity index (χ1) is 17.0. The highest BCUT2D eigenvalue weighted by Crippen LogP contribution is 2.42. The van der Waals surface area contributed by atoms with Crippen molar-refractivity contribution in [2.24, 2.45) is 0 Å². The SMILES string of the molecule is CC(C)c1ccc(C(O)=C2C(=O)C(=O)N(c3ccc(Cl)nn3)C2c2ccc(OC(F)(F)F)cc2)cc1. The number of halogens is 4. The Bertz CT molecular complexity index is 1320. The highest BCUT2D eigenvalue weighted by Gasteiger charge is 2.47. The number of aromatic nitrogens is 2. The lowest BCUT2D eigenvalue weighted by Crippen LogP contribution is -2.30. The maximum absolute atomic E-state index is 13.1. The Morgan fingerprint density at radius 1 is 1.00 bits per heavy atom. The van der Waals surface area contributed by atoms with E-state index in [1.54, 1.807) is 24.3 Å². The molecule has 36 heavy (non-hydrogen) atoms. The first kappa shape index (κ1) is 25.2. The number of benzene rings is 2. The van der Waals surface area contributed by atoms with E-state index in [9.17, 15) is 27.9 Å². The zero-order valence-corrected chi connectivity index (χ0v) is 19.7. The molecule has 7 nitrogen and oxygen atoms in total. The minimum atomic E-state index is -4.89. The van der Waals surface area contributed by atoms with Gasteiger partial charge in [-0.2, -0.15) is 0 Å². The minimum Gasteiger partial charge on any atom is -0.507 e. The normalized spacial score (nSPS) is 17.6. The van der Waals surface area contributed by atoms with E-state index in [-0.39, 0.29) is 28.0 Å². The van der Waals surface area contributed by atoms with E-state index in [2.05, 4.69) is 14.9 Å². The second kappa shape index (κ2) is 9.62. The predicted octanol–water partition coefficient (Wildman–Crippen LogP) is 5.78. The van der Waals surface area contributed by atoms with Crippen LogP contribution < -0.4 is 9.64 Å². The van der Waals surface area contributed by atoms with E-state index in [4.69, 9.17) is 11.6 Å². The number of anilines is 1. The number of ketones is 1. The predicted molar refractivity (Wildman–Crippen MR) is 125 cm³/mol. The number of ether oxygens (including phenoxy) is 1. The molecular formula is C25H19ClF3N3O4. The van der Waals surface area contributed by atoms with Crippen LogP contribution in [0.5, 0.6) is 5.75 Å². The Morgan fingerprint density at radius 3 is 2.17 bits per heavy atom. The molecule has 0 spiro atoms. The molecule has 1 atom stereocenters. The summed E-state index contributed by atoms with van der Waals surface area (Å²) in [5, 5.41) is 18.8. The van der Waals surface area contributed by atoms with Gasteiger partial charge in [0.05, 0.1) is 11.6 Å². The van der Waals surface area contributed by atoms with Gasteiger partial charge in [0, 0.05) is 5.56 Å². The van der Waals surface area contributed by atoms with Gasteiger partial charge in [-0.05, 0) is 41.3 Å². The standard InChI is InChI=1S/C25H19ClF3N3O4/c1-13(2)14-3-5-16(6-4-14)22(33)20-21(15-7-9-17(10-8-15)36-25(27,28)29)32(24(35)23(20)34)19-12-11-18(26)30-31-19/h3-13,21,33H,1-2H3. The maximum atomic E-state index is 13.1. The molecule has 0 aliphatic carbocycles. The van der Waals surface area contributed by atoms with Crippen molar-refractivity contribution in [3.63, 3.8) is 0 Å². The van der Waals surface area contributed by atoms with Crippen molar-refractivity contribution >= 4 is 34.9 Å². The van der Waals surface area contributed by atoms with Crippen LogP contribution in [0.25, 0.3) is 5.76 Å². The van der Waals surface area contributed by atoms with Crippen LogP contribution in [0, 0.1) is 0 Å². The van der Waals surface area contributed by atoms with Gasteiger partial charge in [-0.25, -0.2) is 0 Å². The maximum Gasteiger partial charge on any atom is 0.573 e. The van der Waals surface area contributed by atoms with Crippen molar-refractivity contribution in [1.82, 2.24) is 10.2 Å². The number of nitrogens with zero attached hydrogens (tertiary/aromatic N) is 3. The lowest BCUT2D eigenvalue weighted by Gasteiger charge is -2.24. The number of rotatable bonds is 5. The Balaban J connectivity index is 1.85. The van der Waals surface area contributed by atoms with Crippen LogP contribution in [-0.2, 0) is 9.59 Å². The lowest BCUT2D eigenvalue weighted by atomic mass is 9.94. The van der Waals surface area contributed by atoms with Crippen molar-refractivity contribution < 1.29 is 32.6 Å². The highest BCUT2D eigenvalue weighted by molar-refractivity contribution is 6.51. The van der Waals surface area contributed by atoms with E-state index in [1.165, 1.54) is 24.3 Å². The van der Waals surface area contributed by atoms with Gasteiger partial charge >= 0.3 is 12.3 Å². The highest BCUT2D eigenvalue weighted by atomic mass is 35.5. The molecule has 186 valence electrons. The summed E-state index contributed by atoms with van der Waals surface area (Å²) in [4.78, 5) is 27.2. The lowest BCUT2D eigenvalue weighted by molar-refractivity contribution is -0.274. The van der Waals surface area contributed by atoms with Gasteiger partial charge in [0.1, 0.15) is 11.5 Å². The number of aliphatic hydroxyl groups excluding tert-OH is 1. The van der Waals surface area contributed by atoms with Gasteiger partial charge in [0.2, 0.25) is 0 Å². The molecule has 2 aromatic carbocycles. The molecule has 11 heteroatoms. The summed E-state index contributed by atoms with van der Waals surface area (Å²) in [6.45, 7) is 4.00. The number of hydrogen-bond donors (Lipinski definition) is 1. The first-order valence-corrected chi connectivity index (χ1v) is 11.1. The molecule has 0 bridgehead atoms. The van der Waals surface area contributed by atoms with Gasteiger partial charge in [0.25, 0.3) is 5.78 Å². The topological polar surface area (TPSA) is 92.6 Å². The van der Waals surface area contributed by atoms with Crippen LogP contribution in [0.1, 0.15) is 42.5 Å². The number of Topliss-reactive ketones (excluding diaryl/α,β-unsaturated/α-hetero) is 1. The van der Waals surface area contributed by atoms with E-state index in [0.717, 1.165) is 22.6 Å². The van der Waals surface area contributed by atoms with Gasteiger partial charge < -0.3 is 9.84 Å². The molecule has 3 aromatic rings. The van der Waals surface area contributed by atoms with E-state index >= 15 is 0 Å². The minimum absolute atomic E-state index is 0.0312. The molecule has 1 aliphatic rings. The molecule has 1 saturated heterocycles. The summed E-state index contributed by atoms with van der Waals surface area (Å²) in [6.07, 6.45) is -4.89. The monoisotopic (exact) mass is 517 g/mol. The Hall–Kier alpha value is -3.92. The fraction of sp³-hybridized carbons (Fsp3) is 0.200. The number of hydrogen-bond acceptors (Lipinski definition) is 6. The van der Waals surface area contributed by atoms with Crippen LogP contribution in [-0.4, -0.2) is 33.4 Å². The van der Waals surface area contributed by atoms with Crippen LogP contribution in [0.2, 0.25) is 5.15 Å². The Morgan fingerprint density at radius 2 is 1.64 bits per heavy atom. The van der Waals surface area contributed by atoms with Crippen LogP contribution in [0.4, 0.5) is 19.0 Å². The summed E-state index contributed by atoms with van der Waals surface area (Å²) in [6, 6.07) is 13.0. The average Bonchev–Trinajstić information content (AvgIpc) is 3.09. The number of alkyl halides is 3. The average molecular weight is 518 g/mol. The van der Waals surface area contributed by atoms with Gasteiger partial charge in [-0.15, -0.1) is 23.4 Å². The summed E-state index contributed by atoms with van der Waals surface area (Å²) in [5.41, 5.74) is 1.28. The molecule has 2 heterocycles. The molecule has 1 unspecified atom stereocenters. The number of carbonyl (C=O) groups is 2. The second-order valence-electron chi connectivity index (χ2n) is 8.28. The number of amides is 1. The molecule has 4 rings (SSSR count). The van der Waals surface area contributed by atoms with Crippen LogP contribution in [0.15, 0.2) is 66.2 Å². The van der Waals surface area contributed by atoms with Crippen molar-refractivity contribution in [2.75, 3.05) is 4.90 Å². The Labute approximate surface area is 208 Å². The zero-order valence-electron chi connectivity index (χ0n) is 19.0. The van der Waals surface area contributed by atoms with Gasteiger partial charge in [-0.3, -0.25) is 14.5 Å². The van der Waals surface area contributed by atoms with Gasteiger partial charge in [0.15, 0.2) is 11.0 Å². The first-order valence-electron chi connectivity index (χ1n) is 10.7. The Kier molecular flexibility index (Phi) is 6.73. The second-order valence-corrected chi connectivity index (χ2v) is 8.66. The smallest absolute Gasteiger partial charge is 0.507 e. The number of aliphatic hydroxyl groups is 1. The largest absolute Gasteiger partial charge is 0.573 e. The third kappa shape index (κ3) is 5.03. The van der Waals surface area contributed by atoms with Crippen LogP contribution >= 0.6 is 11.6 Å².